The Hall–Kier alpha value is -1.13. The fraction of sp³-hybridized carbons (Fsp3) is 0.571. The van der Waals surface area contributed by atoms with Crippen molar-refractivity contribution in [3.8, 4) is 0 Å². The number of anilines is 1. The van der Waals surface area contributed by atoms with Crippen molar-refractivity contribution < 1.29 is 9.50 Å². The predicted molar refractivity (Wildman–Crippen MR) is 71.2 cm³/mol. The Labute approximate surface area is 108 Å². The maximum Gasteiger partial charge on any atom is 0.123 e. The number of halogens is 1. The quantitative estimate of drug-likeness (QED) is 0.778. The molecule has 100 valence electrons. The lowest BCUT2D eigenvalue weighted by molar-refractivity contribution is 0.301. The largest absolute Gasteiger partial charge is 0.395 e. The smallest absolute Gasteiger partial charge is 0.123 e. The predicted octanol–water partition coefficient (Wildman–Crippen LogP) is 1.90. The number of hydrogen-bond acceptors (Lipinski definition) is 3. The summed E-state index contributed by atoms with van der Waals surface area (Å²) in [6, 6.07) is 5.43. The molecule has 1 aromatic rings. The van der Waals surface area contributed by atoms with E-state index in [9.17, 15) is 4.39 Å². The van der Waals surface area contributed by atoms with Gasteiger partial charge in [0.05, 0.1) is 6.61 Å². The van der Waals surface area contributed by atoms with Gasteiger partial charge < -0.3 is 15.3 Å². The minimum absolute atomic E-state index is 0.133. The molecule has 18 heavy (non-hydrogen) atoms. The lowest BCUT2D eigenvalue weighted by Gasteiger charge is -2.26. The van der Waals surface area contributed by atoms with Gasteiger partial charge in [-0.25, -0.2) is 4.39 Å². The van der Waals surface area contributed by atoms with E-state index >= 15 is 0 Å². The minimum atomic E-state index is -0.202. The Kier molecular flexibility index (Phi) is 4.55. The third kappa shape index (κ3) is 3.21. The molecule has 0 spiro atoms. The van der Waals surface area contributed by atoms with E-state index in [1.165, 1.54) is 6.07 Å². The molecule has 0 bridgehead atoms. The van der Waals surface area contributed by atoms with Crippen molar-refractivity contribution in [3.05, 3.63) is 29.6 Å². The molecule has 0 aromatic heterocycles. The SMILES string of the molecule is CCNCc1cc(F)ccc1N(CCO)C1CC1. The van der Waals surface area contributed by atoms with Gasteiger partial charge in [0.25, 0.3) is 0 Å². The van der Waals surface area contributed by atoms with Crippen LogP contribution in [0.4, 0.5) is 10.1 Å². The molecule has 2 N–H and O–H groups in total. The van der Waals surface area contributed by atoms with Gasteiger partial charge in [-0.2, -0.15) is 0 Å². The molecule has 4 heteroatoms. The third-order valence-corrected chi connectivity index (χ3v) is 3.24. The Balaban J connectivity index is 2.22. The molecule has 0 aliphatic heterocycles. The van der Waals surface area contributed by atoms with E-state index in [1.807, 2.05) is 13.0 Å². The van der Waals surface area contributed by atoms with Crippen molar-refractivity contribution in [3.63, 3.8) is 0 Å². The molecule has 1 saturated carbocycles. The fourth-order valence-electron chi connectivity index (χ4n) is 2.23. The van der Waals surface area contributed by atoms with Gasteiger partial charge in [-0.15, -0.1) is 0 Å². The molecule has 0 radical (unpaired) electrons. The van der Waals surface area contributed by atoms with Gasteiger partial charge >= 0.3 is 0 Å². The number of nitrogens with zero attached hydrogens (tertiary/aromatic N) is 1. The summed E-state index contributed by atoms with van der Waals surface area (Å²) in [4.78, 5) is 2.20. The molecular weight excluding hydrogens is 231 g/mol. The van der Waals surface area contributed by atoms with Crippen LogP contribution in [0.15, 0.2) is 18.2 Å². The molecule has 0 atom stereocenters. The Morgan fingerprint density at radius 1 is 1.44 bits per heavy atom. The zero-order valence-electron chi connectivity index (χ0n) is 10.8. The Morgan fingerprint density at radius 3 is 2.83 bits per heavy atom. The van der Waals surface area contributed by atoms with Crippen molar-refractivity contribution in [2.24, 2.45) is 0 Å². The summed E-state index contributed by atoms with van der Waals surface area (Å²) >= 11 is 0. The molecule has 0 heterocycles. The van der Waals surface area contributed by atoms with Crippen LogP contribution in [0.3, 0.4) is 0 Å². The van der Waals surface area contributed by atoms with Crippen LogP contribution in [0.25, 0.3) is 0 Å². The minimum Gasteiger partial charge on any atom is -0.395 e. The zero-order valence-corrected chi connectivity index (χ0v) is 10.8. The van der Waals surface area contributed by atoms with Gasteiger partial charge in [-0.1, -0.05) is 6.92 Å². The van der Waals surface area contributed by atoms with E-state index in [1.54, 1.807) is 6.07 Å². The highest BCUT2D eigenvalue weighted by molar-refractivity contribution is 5.55. The fourth-order valence-corrected chi connectivity index (χ4v) is 2.23. The first-order valence-corrected chi connectivity index (χ1v) is 6.63. The van der Waals surface area contributed by atoms with Crippen LogP contribution in [0, 0.1) is 5.82 Å². The number of nitrogens with one attached hydrogen (secondary N) is 1. The average molecular weight is 252 g/mol. The Morgan fingerprint density at radius 2 is 2.22 bits per heavy atom. The first-order chi connectivity index (χ1) is 8.76. The molecule has 1 aliphatic rings. The lowest BCUT2D eigenvalue weighted by atomic mass is 10.1. The van der Waals surface area contributed by atoms with Crippen molar-refractivity contribution in [1.82, 2.24) is 5.32 Å². The normalized spacial score (nSPS) is 14.8. The topological polar surface area (TPSA) is 35.5 Å². The van der Waals surface area contributed by atoms with Gasteiger partial charge in [0, 0.05) is 24.8 Å². The molecule has 1 aliphatic carbocycles. The second-order valence-electron chi connectivity index (χ2n) is 4.70. The van der Waals surface area contributed by atoms with E-state index in [0.29, 0.717) is 19.1 Å². The van der Waals surface area contributed by atoms with Crippen molar-refractivity contribution in [1.29, 1.82) is 0 Å². The molecular formula is C14H21FN2O. The maximum atomic E-state index is 13.3. The van der Waals surface area contributed by atoms with Gasteiger partial charge in [0.15, 0.2) is 0 Å². The van der Waals surface area contributed by atoms with Gasteiger partial charge in [0.2, 0.25) is 0 Å². The highest BCUT2D eigenvalue weighted by Gasteiger charge is 2.29. The van der Waals surface area contributed by atoms with Crippen molar-refractivity contribution in [2.45, 2.75) is 32.4 Å². The summed E-state index contributed by atoms with van der Waals surface area (Å²) in [5, 5.41) is 12.4. The van der Waals surface area contributed by atoms with Crippen LogP contribution in [0.1, 0.15) is 25.3 Å². The summed E-state index contributed by atoms with van der Waals surface area (Å²) in [7, 11) is 0. The van der Waals surface area contributed by atoms with Crippen LogP contribution in [0.5, 0.6) is 0 Å². The first kappa shape index (κ1) is 13.3. The van der Waals surface area contributed by atoms with E-state index in [0.717, 1.165) is 30.6 Å². The molecule has 0 amide bonds. The second kappa shape index (κ2) is 6.16. The molecule has 0 saturated heterocycles. The number of hydrogen-bond donors (Lipinski definition) is 2. The van der Waals surface area contributed by atoms with Crippen LogP contribution in [-0.2, 0) is 6.54 Å². The number of rotatable bonds is 7. The summed E-state index contributed by atoms with van der Waals surface area (Å²) in [5.41, 5.74) is 2.02. The van der Waals surface area contributed by atoms with Gasteiger partial charge in [0.1, 0.15) is 5.82 Å². The van der Waals surface area contributed by atoms with E-state index < -0.39 is 0 Å². The summed E-state index contributed by atoms with van der Waals surface area (Å²) < 4.78 is 13.3. The monoisotopic (exact) mass is 252 g/mol. The van der Waals surface area contributed by atoms with Crippen LogP contribution < -0.4 is 10.2 Å². The van der Waals surface area contributed by atoms with Gasteiger partial charge in [-0.05, 0) is 43.1 Å². The molecule has 1 aromatic carbocycles. The number of benzene rings is 1. The molecule has 1 fully saturated rings. The van der Waals surface area contributed by atoms with E-state index in [-0.39, 0.29) is 12.4 Å². The second-order valence-corrected chi connectivity index (χ2v) is 4.70. The summed E-state index contributed by atoms with van der Waals surface area (Å²) in [6.45, 7) is 4.31. The van der Waals surface area contributed by atoms with Crippen LogP contribution in [0.2, 0.25) is 0 Å². The van der Waals surface area contributed by atoms with Gasteiger partial charge in [-0.3, -0.25) is 0 Å². The number of aliphatic hydroxyl groups is 1. The molecule has 3 nitrogen and oxygen atoms in total. The maximum absolute atomic E-state index is 13.3. The molecule has 0 unspecified atom stereocenters. The standard InChI is InChI=1S/C14H21FN2O/c1-2-16-10-11-9-12(15)3-6-14(11)17(7-8-18)13-4-5-13/h3,6,9,13,16,18H,2,4-5,7-8,10H2,1H3. The first-order valence-electron chi connectivity index (χ1n) is 6.63. The summed E-state index contributed by atoms with van der Waals surface area (Å²) in [6.07, 6.45) is 2.33. The zero-order chi connectivity index (χ0) is 13.0. The number of aliphatic hydroxyl groups excluding tert-OH is 1. The van der Waals surface area contributed by atoms with E-state index in [4.69, 9.17) is 5.11 Å². The third-order valence-electron chi connectivity index (χ3n) is 3.24. The molecule has 2 rings (SSSR count). The summed E-state index contributed by atoms with van der Waals surface area (Å²) in [5.74, 6) is -0.202. The van der Waals surface area contributed by atoms with Crippen LogP contribution >= 0.6 is 0 Å². The highest BCUT2D eigenvalue weighted by atomic mass is 19.1. The Bertz CT molecular complexity index is 393. The lowest BCUT2D eigenvalue weighted by Crippen LogP contribution is -2.30. The van der Waals surface area contributed by atoms with Crippen molar-refractivity contribution >= 4 is 5.69 Å². The van der Waals surface area contributed by atoms with Crippen molar-refractivity contribution in [2.75, 3.05) is 24.6 Å². The van der Waals surface area contributed by atoms with E-state index in [2.05, 4.69) is 10.2 Å². The average Bonchev–Trinajstić information content (AvgIpc) is 3.18. The van der Waals surface area contributed by atoms with Crippen LogP contribution in [-0.4, -0.2) is 30.8 Å². The highest BCUT2D eigenvalue weighted by Crippen LogP contribution is 2.33.